The molecule has 0 radical (unpaired) electrons. The van der Waals surface area contributed by atoms with Crippen molar-refractivity contribution in [3.8, 4) is 5.75 Å². The molecule has 106 valence electrons. The highest BCUT2D eigenvalue weighted by Crippen LogP contribution is 2.30. The molecule has 2 aromatic carbocycles. The summed E-state index contributed by atoms with van der Waals surface area (Å²) >= 11 is 12.3. The van der Waals surface area contributed by atoms with Crippen molar-refractivity contribution in [3.05, 3.63) is 56.2 Å². The van der Waals surface area contributed by atoms with Gasteiger partial charge < -0.3 is 10.1 Å². The normalized spacial score (nSPS) is 10.4. The topological polar surface area (TPSA) is 21.3 Å². The van der Waals surface area contributed by atoms with Crippen LogP contribution in [-0.2, 0) is 0 Å². The molecule has 0 aliphatic carbocycles. The van der Waals surface area contributed by atoms with Crippen LogP contribution in [0.3, 0.4) is 0 Å². The molecule has 1 N–H and O–H groups in total. The van der Waals surface area contributed by atoms with Crippen LogP contribution in [0.25, 0.3) is 0 Å². The van der Waals surface area contributed by atoms with Crippen molar-refractivity contribution in [3.63, 3.8) is 0 Å². The maximum absolute atomic E-state index is 13.3. The van der Waals surface area contributed by atoms with Gasteiger partial charge in [0.1, 0.15) is 18.2 Å². The number of rotatable bonds is 5. The maximum Gasteiger partial charge on any atom is 0.145 e. The molecule has 0 heterocycles. The van der Waals surface area contributed by atoms with E-state index in [0.29, 0.717) is 23.4 Å². The van der Waals surface area contributed by atoms with Gasteiger partial charge >= 0.3 is 0 Å². The SMILES string of the molecule is Fc1cc(OCCNc2ccc(Br)cc2)c(Br)cc1Cl. The molecule has 0 unspecified atom stereocenters. The first-order valence-corrected chi connectivity index (χ1v) is 7.79. The van der Waals surface area contributed by atoms with Crippen molar-refractivity contribution in [2.24, 2.45) is 0 Å². The van der Waals surface area contributed by atoms with E-state index >= 15 is 0 Å². The van der Waals surface area contributed by atoms with E-state index in [1.165, 1.54) is 12.1 Å². The first-order valence-electron chi connectivity index (χ1n) is 5.83. The number of ether oxygens (including phenoxy) is 1. The Kier molecular flexibility index (Phi) is 5.69. The minimum atomic E-state index is -0.495. The van der Waals surface area contributed by atoms with Gasteiger partial charge in [0.15, 0.2) is 0 Å². The van der Waals surface area contributed by atoms with Crippen molar-refractivity contribution >= 4 is 49.1 Å². The molecule has 0 aliphatic heterocycles. The molecule has 6 heteroatoms. The molecule has 0 saturated heterocycles. The number of hydrogen-bond acceptors (Lipinski definition) is 2. The van der Waals surface area contributed by atoms with Crippen LogP contribution in [-0.4, -0.2) is 13.2 Å². The van der Waals surface area contributed by atoms with Gasteiger partial charge in [0, 0.05) is 22.8 Å². The zero-order chi connectivity index (χ0) is 14.5. The summed E-state index contributed by atoms with van der Waals surface area (Å²) in [6.07, 6.45) is 0. The fourth-order valence-corrected chi connectivity index (χ4v) is 2.56. The van der Waals surface area contributed by atoms with Gasteiger partial charge in [0.25, 0.3) is 0 Å². The highest BCUT2D eigenvalue weighted by molar-refractivity contribution is 9.10. The molecule has 2 aromatic rings. The summed E-state index contributed by atoms with van der Waals surface area (Å²) < 4.78 is 20.5. The lowest BCUT2D eigenvalue weighted by molar-refractivity contribution is 0.329. The monoisotopic (exact) mass is 421 g/mol. The van der Waals surface area contributed by atoms with E-state index in [1.807, 2.05) is 24.3 Å². The third kappa shape index (κ3) is 4.36. The summed E-state index contributed by atoms with van der Waals surface area (Å²) in [4.78, 5) is 0. The van der Waals surface area contributed by atoms with Crippen molar-refractivity contribution in [1.82, 2.24) is 0 Å². The molecule has 0 amide bonds. The predicted molar refractivity (Wildman–Crippen MR) is 87.2 cm³/mol. The number of benzene rings is 2. The number of halogens is 4. The van der Waals surface area contributed by atoms with Gasteiger partial charge in [-0.3, -0.25) is 0 Å². The fraction of sp³-hybridized carbons (Fsp3) is 0.143. The molecule has 0 aliphatic rings. The highest BCUT2D eigenvalue weighted by atomic mass is 79.9. The standard InChI is InChI=1S/C14H11Br2ClFNO/c15-9-1-3-10(4-2-9)19-5-6-20-14-8-13(18)12(17)7-11(14)16/h1-4,7-8,19H,5-6H2. The van der Waals surface area contributed by atoms with Gasteiger partial charge in [0.2, 0.25) is 0 Å². The number of nitrogens with one attached hydrogen (secondary N) is 1. The zero-order valence-electron chi connectivity index (χ0n) is 10.3. The average molecular weight is 424 g/mol. The van der Waals surface area contributed by atoms with Crippen LogP contribution in [0.2, 0.25) is 5.02 Å². The van der Waals surface area contributed by atoms with E-state index in [-0.39, 0.29) is 5.02 Å². The summed E-state index contributed by atoms with van der Waals surface area (Å²) in [6.45, 7) is 1.02. The van der Waals surface area contributed by atoms with Crippen molar-refractivity contribution in [1.29, 1.82) is 0 Å². The van der Waals surface area contributed by atoms with Crippen LogP contribution in [0.4, 0.5) is 10.1 Å². The van der Waals surface area contributed by atoms with Gasteiger partial charge in [-0.25, -0.2) is 4.39 Å². The van der Waals surface area contributed by atoms with Crippen LogP contribution in [0, 0.1) is 5.82 Å². The van der Waals surface area contributed by atoms with Crippen molar-refractivity contribution in [2.45, 2.75) is 0 Å². The Balaban J connectivity index is 1.84. The van der Waals surface area contributed by atoms with E-state index in [2.05, 4.69) is 37.2 Å². The molecular weight excluding hydrogens is 412 g/mol. The Labute approximate surface area is 138 Å². The summed E-state index contributed by atoms with van der Waals surface area (Å²) in [5, 5.41) is 3.27. The first-order chi connectivity index (χ1) is 9.56. The van der Waals surface area contributed by atoms with Gasteiger partial charge in [-0.2, -0.15) is 0 Å². The van der Waals surface area contributed by atoms with Gasteiger partial charge in [-0.15, -0.1) is 0 Å². The number of hydrogen-bond donors (Lipinski definition) is 1. The second-order valence-electron chi connectivity index (χ2n) is 3.98. The lowest BCUT2D eigenvalue weighted by Crippen LogP contribution is -2.11. The Morgan fingerprint density at radius 2 is 1.85 bits per heavy atom. The molecule has 0 atom stereocenters. The van der Waals surface area contributed by atoms with E-state index in [0.717, 1.165) is 10.2 Å². The minimum Gasteiger partial charge on any atom is -0.490 e. The lowest BCUT2D eigenvalue weighted by Gasteiger charge is -2.10. The van der Waals surface area contributed by atoms with Crippen LogP contribution >= 0.6 is 43.5 Å². The molecule has 0 bridgehead atoms. The summed E-state index contributed by atoms with van der Waals surface area (Å²) in [7, 11) is 0. The second kappa shape index (κ2) is 7.29. The third-order valence-corrected chi connectivity index (χ3v) is 3.95. The van der Waals surface area contributed by atoms with Crippen LogP contribution < -0.4 is 10.1 Å². The largest absolute Gasteiger partial charge is 0.490 e. The predicted octanol–water partition coefficient (Wildman–Crippen LogP) is 5.50. The maximum atomic E-state index is 13.3. The molecule has 20 heavy (non-hydrogen) atoms. The molecule has 0 aromatic heterocycles. The fourth-order valence-electron chi connectivity index (χ4n) is 1.54. The van der Waals surface area contributed by atoms with E-state index in [1.54, 1.807) is 0 Å². The summed E-state index contributed by atoms with van der Waals surface area (Å²) in [5.41, 5.74) is 0.998. The molecule has 2 rings (SSSR count). The van der Waals surface area contributed by atoms with E-state index < -0.39 is 5.82 Å². The molecular formula is C14H11Br2ClFNO. The lowest BCUT2D eigenvalue weighted by atomic mass is 10.3. The Hall–Kier alpha value is -0.780. The Bertz CT molecular complexity index is 592. The Morgan fingerprint density at radius 3 is 2.55 bits per heavy atom. The van der Waals surface area contributed by atoms with E-state index in [4.69, 9.17) is 16.3 Å². The number of anilines is 1. The minimum absolute atomic E-state index is 0.0669. The smallest absolute Gasteiger partial charge is 0.145 e. The van der Waals surface area contributed by atoms with Gasteiger partial charge in [-0.05, 0) is 46.3 Å². The van der Waals surface area contributed by atoms with Crippen molar-refractivity contribution < 1.29 is 9.13 Å². The zero-order valence-corrected chi connectivity index (χ0v) is 14.2. The first kappa shape index (κ1) is 15.6. The van der Waals surface area contributed by atoms with Crippen molar-refractivity contribution in [2.75, 3.05) is 18.5 Å². The molecule has 0 saturated carbocycles. The Morgan fingerprint density at radius 1 is 1.15 bits per heavy atom. The summed E-state index contributed by atoms with van der Waals surface area (Å²) in [6, 6.07) is 10.6. The summed E-state index contributed by atoms with van der Waals surface area (Å²) in [5.74, 6) is -0.0600. The van der Waals surface area contributed by atoms with Crippen LogP contribution in [0.1, 0.15) is 0 Å². The molecule has 0 fully saturated rings. The molecule has 0 spiro atoms. The quantitative estimate of drug-likeness (QED) is 0.507. The second-order valence-corrected chi connectivity index (χ2v) is 6.16. The third-order valence-electron chi connectivity index (χ3n) is 2.51. The van der Waals surface area contributed by atoms with Crippen LogP contribution in [0.5, 0.6) is 5.75 Å². The van der Waals surface area contributed by atoms with Crippen LogP contribution in [0.15, 0.2) is 45.3 Å². The highest BCUT2D eigenvalue weighted by Gasteiger charge is 2.07. The average Bonchev–Trinajstić information content (AvgIpc) is 2.42. The molecule has 2 nitrogen and oxygen atoms in total. The van der Waals surface area contributed by atoms with Gasteiger partial charge in [-0.1, -0.05) is 27.5 Å². The van der Waals surface area contributed by atoms with E-state index in [9.17, 15) is 4.39 Å². The van der Waals surface area contributed by atoms with Gasteiger partial charge in [0.05, 0.1) is 9.50 Å².